The lowest BCUT2D eigenvalue weighted by Crippen LogP contribution is -2.47. The van der Waals surface area contributed by atoms with Crippen LogP contribution in [0, 0.1) is 5.41 Å². The van der Waals surface area contributed by atoms with Crippen LogP contribution in [0.1, 0.15) is 40.5 Å². The predicted molar refractivity (Wildman–Crippen MR) is 66.8 cm³/mol. The summed E-state index contributed by atoms with van der Waals surface area (Å²) >= 11 is 0. The fraction of sp³-hybridized carbons (Fsp3) is 0.833. The van der Waals surface area contributed by atoms with Crippen molar-refractivity contribution >= 4 is 11.9 Å². The summed E-state index contributed by atoms with van der Waals surface area (Å²) in [4.78, 5) is 22.3. The van der Waals surface area contributed by atoms with Gasteiger partial charge in [0.05, 0.1) is 13.0 Å². The van der Waals surface area contributed by atoms with Gasteiger partial charge in [-0.3, -0.25) is 9.59 Å². The summed E-state index contributed by atoms with van der Waals surface area (Å²) in [6.07, 6.45) is 0.911. The summed E-state index contributed by atoms with van der Waals surface area (Å²) in [5, 5.41) is 14.6. The molecule has 1 atom stereocenters. The number of hydrogen-bond acceptors (Lipinski definition) is 3. The van der Waals surface area contributed by atoms with Crippen molar-refractivity contribution < 1.29 is 14.7 Å². The highest BCUT2D eigenvalue weighted by Crippen LogP contribution is 2.21. The maximum absolute atomic E-state index is 11.6. The Labute approximate surface area is 103 Å². The van der Waals surface area contributed by atoms with Crippen LogP contribution in [0.5, 0.6) is 0 Å². The Kier molecular flexibility index (Phi) is 6.80. The van der Waals surface area contributed by atoms with E-state index in [2.05, 4.69) is 10.6 Å². The van der Waals surface area contributed by atoms with Crippen LogP contribution in [-0.2, 0) is 9.59 Å². The molecule has 0 heterocycles. The van der Waals surface area contributed by atoms with Gasteiger partial charge in [0.25, 0.3) is 0 Å². The third-order valence-electron chi connectivity index (χ3n) is 2.47. The fourth-order valence-electron chi connectivity index (χ4n) is 1.37. The molecule has 0 aromatic carbocycles. The third-order valence-corrected chi connectivity index (χ3v) is 2.47. The molecule has 0 bridgehead atoms. The van der Waals surface area contributed by atoms with Crippen molar-refractivity contribution in [2.45, 2.75) is 46.6 Å². The summed E-state index contributed by atoms with van der Waals surface area (Å²) in [6.45, 7) is 8.79. The molecule has 0 spiro atoms. The van der Waals surface area contributed by atoms with Crippen molar-refractivity contribution in [3.8, 4) is 0 Å². The zero-order valence-corrected chi connectivity index (χ0v) is 11.2. The molecule has 0 aliphatic carbocycles. The molecule has 0 aromatic heterocycles. The molecule has 1 amide bonds. The van der Waals surface area contributed by atoms with Gasteiger partial charge in [0.15, 0.2) is 0 Å². The number of carbonyl (C=O) groups is 2. The van der Waals surface area contributed by atoms with Crippen LogP contribution in [0.2, 0.25) is 0 Å². The van der Waals surface area contributed by atoms with Crippen molar-refractivity contribution in [3.05, 3.63) is 0 Å². The average Bonchev–Trinajstić information content (AvgIpc) is 2.15. The van der Waals surface area contributed by atoms with E-state index in [1.54, 1.807) is 0 Å². The van der Waals surface area contributed by atoms with E-state index in [0.717, 1.165) is 13.0 Å². The van der Waals surface area contributed by atoms with E-state index >= 15 is 0 Å². The summed E-state index contributed by atoms with van der Waals surface area (Å²) in [5.74, 6) is -1.05. The Balaban J connectivity index is 4.24. The lowest BCUT2D eigenvalue weighted by Gasteiger charge is -2.30. The van der Waals surface area contributed by atoms with Crippen LogP contribution in [0.25, 0.3) is 0 Å². The Bertz CT molecular complexity index is 259. The first-order valence-corrected chi connectivity index (χ1v) is 5.99. The number of carbonyl (C=O) groups excluding carboxylic acids is 1. The Morgan fingerprint density at radius 3 is 2.29 bits per heavy atom. The van der Waals surface area contributed by atoms with Gasteiger partial charge in [-0.15, -0.1) is 0 Å². The zero-order chi connectivity index (χ0) is 13.5. The first-order valence-electron chi connectivity index (χ1n) is 5.99. The molecule has 17 heavy (non-hydrogen) atoms. The summed E-state index contributed by atoms with van der Waals surface area (Å²) in [6, 6.07) is -0.351. The standard InChI is InChI=1S/C12H24N2O3/c1-5-6-13-8-10(15)14-9(7-11(16)17)12(2,3)4/h9,13H,5-8H2,1-4H3,(H,14,15)(H,16,17). The number of rotatable bonds is 7. The molecule has 0 saturated carbocycles. The lowest BCUT2D eigenvalue weighted by molar-refractivity contribution is -0.138. The lowest BCUT2D eigenvalue weighted by atomic mass is 9.84. The highest BCUT2D eigenvalue weighted by Gasteiger charge is 2.28. The van der Waals surface area contributed by atoms with E-state index in [1.807, 2.05) is 27.7 Å². The van der Waals surface area contributed by atoms with Crippen LogP contribution in [-0.4, -0.2) is 36.1 Å². The Morgan fingerprint density at radius 2 is 1.88 bits per heavy atom. The van der Waals surface area contributed by atoms with Crippen LogP contribution in [0.3, 0.4) is 0 Å². The number of aliphatic carboxylic acids is 1. The van der Waals surface area contributed by atoms with Crippen LogP contribution >= 0.6 is 0 Å². The third kappa shape index (κ3) is 7.74. The number of nitrogens with one attached hydrogen (secondary N) is 2. The molecule has 5 heteroatoms. The van der Waals surface area contributed by atoms with Crippen molar-refractivity contribution in [1.82, 2.24) is 10.6 Å². The molecule has 5 nitrogen and oxygen atoms in total. The quantitative estimate of drug-likeness (QED) is 0.584. The highest BCUT2D eigenvalue weighted by molar-refractivity contribution is 5.79. The minimum absolute atomic E-state index is 0.0526. The van der Waals surface area contributed by atoms with Gasteiger partial charge in [-0.2, -0.15) is 0 Å². The van der Waals surface area contributed by atoms with Gasteiger partial charge in [0.2, 0.25) is 5.91 Å². The molecule has 0 fully saturated rings. The molecule has 0 aromatic rings. The molecule has 0 radical (unpaired) electrons. The van der Waals surface area contributed by atoms with Crippen LogP contribution in [0.15, 0.2) is 0 Å². The zero-order valence-electron chi connectivity index (χ0n) is 11.2. The summed E-state index contributed by atoms with van der Waals surface area (Å²) in [5.41, 5.74) is -0.265. The number of carboxylic acid groups (broad SMARTS) is 1. The maximum Gasteiger partial charge on any atom is 0.305 e. The van der Waals surface area contributed by atoms with Gasteiger partial charge >= 0.3 is 5.97 Å². The summed E-state index contributed by atoms with van der Waals surface area (Å²) in [7, 11) is 0. The molecule has 0 aliphatic heterocycles. The molecular formula is C12H24N2O3. The molecular weight excluding hydrogens is 220 g/mol. The van der Waals surface area contributed by atoms with Crippen LogP contribution in [0.4, 0.5) is 0 Å². The topological polar surface area (TPSA) is 78.4 Å². The SMILES string of the molecule is CCCNCC(=O)NC(CC(=O)O)C(C)(C)C. The van der Waals surface area contributed by atoms with Crippen molar-refractivity contribution in [3.63, 3.8) is 0 Å². The molecule has 0 rings (SSSR count). The highest BCUT2D eigenvalue weighted by atomic mass is 16.4. The van der Waals surface area contributed by atoms with Gasteiger partial charge in [-0.25, -0.2) is 0 Å². The fourth-order valence-corrected chi connectivity index (χ4v) is 1.37. The second kappa shape index (κ2) is 7.27. The van der Waals surface area contributed by atoms with Gasteiger partial charge in [0, 0.05) is 6.04 Å². The second-order valence-corrected chi connectivity index (χ2v) is 5.26. The minimum atomic E-state index is -0.897. The average molecular weight is 244 g/mol. The van der Waals surface area contributed by atoms with Gasteiger partial charge in [-0.1, -0.05) is 27.7 Å². The van der Waals surface area contributed by atoms with Gasteiger partial charge in [-0.05, 0) is 18.4 Å². The normalized spacial score (nSPS) is 13.2. The van der Waals surface area contributed by atoms with Crippen molar-refractivity contribution in [2.24, 2.45) is 5.41 Å². The van der Waals surface area contributed by atoms with E-state index in [-0.39, 0.29) is 30.3 Å². The molecule has 1 unspecified atom stereocenters. The van der Waals surface area contributed by atoms with E-state index in [0.29, 0.717) is 0 Å². The largest absolute Gasteiger partial charge is 0.481 e. The summed E-state index contributed by atoms with van der Waals surface area (Å²) < 4.78 is 0. The second-order valence-electron chi connectivity index (χ2n) is 5.26. The smallest absolute Gasteiger partial charge is 0.305 e. The van der Waals surface area contributed by atoms with E-state index in [1.165, 1.54) is 0 Å². The maximum atomic E-state index is 11.6. The Morgan fingerprint density at radius 1 is 1.29 bits per heavy atom. The first kappa shape index (κ1) is 15.9. The van der Waals surface area contributed by atoms with E-state index in [9.17, 15) is 9.59 Å². The molecule has 0 saturated heterocycles. The monoisotopic (exact) mass is 244 g/mol. The van der Waals surface area contributed by atoms with Crippen molar-refractivity contribution in [2.75, 3.05) is 13.1 Å². The van der Waals surface area contributed by atoms with Crippen LogP contribution < -0.4 is 10.6 Å². The van der Waals surface area contributed by atoms with E-state index < -0.39 is 5.97 Å². The predicted octanol–water partition coefficient (Wildman–Crippen LogP) is 0.992. The molecule has 3 N–H and O–H groups in total. The Hall–Kier alpha value is -1.10. The van der Waals surface area contributed by atoms with Crippen molar-refractivity contribution in [1.29, 1.82) is 0 Å². The number of amides is 1. The molecule has 0 aliphatic rings. The number of carboxylic acids is 1. The van der Waals surface area contributed by atoms with Gasteiger partial charge < -0.3 is 15.7 Å². The minimum Gasteiger partial charge on any atom is -0.481 e. The number of hydrogen-bond donors (Lipinski definition) is 3. The molecule has 100 valence electrons. The first-order chi connectivity index (χ1) is 7.77. The van der Waals surface area contributed by atoms with E-state index in [4.69, 9.17) is 5.11 Å². The van der Waals surface area contributed by atoms with Gasteiger partial charge in [0.1, 0.15) is 0 Å².